The van der Waals surface area contributed by atoms with E-state index >= 15 is 0 Å². The molecule has 0 aromatic heterocycles. The van der Waals surface area contributed by atoms with E-state index in [4.69, 9.17) is 18.9 Å². The first-order valence-electron chi connectivity index (χ1n) is 9.05. The van der Waals surface area contributed by atoms with Crippen molar-refractivity contribution in [1.29, 1.82) is 0 Å². The summed E-state index contributed by atoms with van der Waals surface area (Å²) in [6.07, 6.45) is 5.13. The third kappa shape index (κ3) is 3.68. The molecule has 0 fully saturated rings. The smallest absolute Gasteiger partial charge is 0.161 e. The highest BCUT2D eigenvalue weighted by Crippen LogP contribution is 2.40. The van der Waals surface area contributed by atoms with E-state index in [0.717, 1.165) is 41.5 Å². The van der Waals surface area contributed by atoms with Crippen molar-refractivity contribution >= 4 is 6.08 Å². The van der Waals surface area contributed by atoms with Gasteiger partial charge >= 0.3 is 0 Å². The number of likely N-dealkylation sites (N-methyl/N-ethyl adjacent to an activating group) is 1. The van der Waals surface area contributed by atoms with Crippen LogP contribution < -0.4 is 18.9 Å². The summed E-state index contributed by atoms with van der Waals surface area (Å²) in [5.41, 5.74) is 3.57. The van der Waals surface area contributed by atoms with Gasteiger partial charge in [0, 0.05) is 12.7 Å². The van der Waals surface area contributed by atoms with Gasteiger partial charge in [0.05, 0.1) is 34.5 Å². The molecule has 144 valence electrons. The molecule has 5 nitrogen and oxygen atoms in total. The number of hydrogen-bond acceptors (Lipinski definition) is 5. The van der Waals surface area contributed by atoms with Crippen LogP contribution in [0, 0.1) is 0 Å². The molecule has 5 heteroatoms. The van der Waals surface area contributed by atoms with Crippen molar-refractivity contribution in [3.05, 3.63) is 53.2 Å². The minimum atomic E-state index is 0.202. The molecular formula is C22H27NO4. The lowest BCUT2D eigenvalue weighted by molar-refractivity contribution is 0.286. The van der Waals surface area contributed by atoms with Crippen LogP contribution in [0.5, 0.6) is 23.0 Å². The highest BCUT2D eigenvalue weighted by molar-refractivity contribution is 5.63. The lowest BCUT2D eigenvalue weighted by Gasteiger charge is -2.35. The van der Waals surface area contributed by atoms with Gasteiger partial charge in [0.15, 0.2) is 23.0 Å². The minimum absolute atomic E-state index is 0.202. The molecular weight excluding hydrogens is 342 g/mol. The molecule has 0 aliphatic carbocycles. The van der Waals surface area contributed by atoms with E-state index in [1.54, 1.807) is 28.4 Å². The van der Waals surface area contributed by atoms with Crippen LogP contribution in [0.25, 0.3) is 6.08 Å². The first kappa shape index (κ1) is 19.0. The molecule has 1 unspecified atom stereocenters. The van der Waals surface area contributed by atoms with Gasteiger partial charge < -0.3 is 23.8 Å². The predicted octanol–water partition coefficient (Wildman–Crippen LogP) is 4.31. The van der Waals surface area contributed by atoms with E-state index in [2.05, 4.69) is 36.2 Å². The van der Waals surface area contributed by atoms with E-state index in [1.165, 1.54) is 11.1 Å². The van der Waals surface area contributed by atoms with Gasteiger partial charge in [0.2, 0.25) is 0 Å². The first-order chi connectivity index (χ1) is 13.1. The molecule has 0 saturated heterocycles. The Labute approximate surface area is 161 Å². The predicted molar refractivity (Wildman–Crippen MR) is 107 cm³/mol. The number of hydrogen-bond donors (Lipinski definition) is 0. The Bertz CT molecular complexity index is 831. The highest BCUT2D eigenvalue weighted by atomic mass is 16.5. The van der Waals surface area contributed by atoms with Crippen LogP contribution in [0.1, 0.15) is 29.7 Å². The Morgan fingerprint density at radius 3 is 2.07 bits per heavy atom. The maximum atomic E-state index is 5.53. The number of fused-ring (bicyclic) bond motifs is 1. The van der Waals surface area contributed by atoms with Crippen molar-refractivity contribution in [2.75, 3.05) is 35.0 Å². The first-order valence-corrected chi connectivity index (χ1v) is 9.05. The van der Waals surface area contributed by atoms with Gasteiger partial charge in [0.25, 0.3) is 0 Å². The average molecular weight is 369 g/mol. The monoisotopic (exact) mass is 369 g/mol. The second kappa shape index (κ2) is 8.25. The van der Waals surface area contributed by atoms with Crippen molar-refractivity contribution < 1.29 is 18.9 Å². The third-order valence-corrected chi connectivity index (χ3v) is 5.04. The molecule has 0 spiro atoms. The zero-order valence-corrected chi connectivity index (χ0v) is 16.6. The fourth-order valence-corrected chi connectivity index (χ4v) is 3.59. The Kier molecular flexibility index (Phi) is 5.79. The fourth-order valence-electron chi connectivity index (χ4n) is 3.59. The Morgan fingerprint density at radius 1 is 0.815 bits per heavy atom. The van der Waals surface area contributed by atoms with Crippen molar-refractivity contribution in [3.63, 3.8) is 0 Å². The molecule has 0 amide bonds. The molecule has 0 bridgehead atoms. The van der Waals surface area contributed by atoms with Gasteiger partial charge in [-0.05, 0) is 60.4 Å². The van der Waals surface area contributed by atoms with Crippen LogP contribution in [0.15, 0.2) is 36.5 Å². The summed E-state index contributed by atoms with van der Waals surface area (Å²) in [6, 6.07) is 10.4. The van der Waals surface area contributed by atoms with Gasteiger partial charge in [-0.25, -0.2) is 0 Å². The van der Waals surface area contributed by atoms with Gasteiger partial charge in [-0.1, -0.05) is 6.07 Å². The molecule has 1 atom stereocenters. The average Bonchev–Trinajstić information content (AvgIpc) is 2.72. The van der Waals surface area contributed by atoms with Crippen LogP contribution in [0.3, 0.4) is 0 Å². The van der Waals surface area contributed by atoms with Crippen LogP contribution in [-0.4, -0.2) is 39.9 Å². The van der Waals surface area contributed by atoms with Gasteiger partial charge in [-0.2, -0.15) is 0 Å². The topological polar surface area (TPSA) is 40.2 Å². The zero-order valence-electron chi connectivity index (χ0n) is 16.6. The molecule has 1 aliphatic rings. The molecule has 1 aliphatic heterocycles. The Balaban J connectivity index is 2.00. The van der Waals surface area contributed by atoms with Gasteiger partial charge in [-0.15, -0.1) is 0 Å². The van der Waals surface area contributed by atoms with Crippen LogP contribution >= 0.6 is 0 Å². The molecule has 3 rings (SSSR count). The highest BCUT2D eigenvalue weighted by Gasteiger charge is 2.25. The summed E-state index contributed by atoms with van der Waals surface area (Å²) in [7, 11) is 6.65. The lowest BCUT2D eigenvalue weighted by Crippen LogP contribution is -2.28. The minimum Gasteiger partial charge on any atom is -0.493 e. The maximum absolute atomic E-state index is 5.53. The standard InChI is InChI=1S/C22H27NO4/c1-6-23-10-9-16-13-21(26-4)22(27-5)14-17(16)18(23)11-15-7-8-19(24-2)20(12-15)25-3/h7-10,12-14,18H,6,11H2,1-5H3. The van der Waals surface area contributed by atoms with E-state index in [0.29, 0.717) is 0 Å². The summed E-state index contributed by atoms with van der Waals surface area (Å²) in [5.74, 6) is 2.98. The Hall–Kier alpha value is -2.82. The fraction of sp³-hybridized carbons (Fsp3) is 0.364. The molecule has 27 heavy (non-hydrogen) atoms. The van der Waals surface area contributed by atoms with Gasteiger partial charge in [0.1, 0.15) is 0 Å². The van der Waals surface area contributed by atoms with Crippen molar-refractivity contribution in [1.82, 2.24) is 4.90 Å². The summed E-state index contributed by atoms with van der Waals surface area (Å²) in [6.45, 7) is 3.08. The third-order valence-electron chi connectivity index (χ3n) is 5.04. The lowest BCUT2D eigenvalue weighted by atomic mass is 9.90. The van der Waals surface area contributed by atoms with E-state index in [1.807, 2.05) is 18.2 Å². The number of rotatable bonds is 7. The summed E-state index contributed by atoms with van der Waals surface area (Å²) in [4.78, 5) is 2.34. The van der Waals surface area contributed by atoms with E-state index < -0.39 is 0 Å². The number of ether oxygens (including phenoxy) is 4. The Morgan fingerprint density at radius 2 is 1.44 bits per heavy atom. The van der Waals surface area contributed by atoms with E-state index in [-0.39, 0.29) is 6.04 Å². The molecule has 0 radical (unpaired) electrons. The molecule has 2 aromatic carbocycles. The normalized spacial score (nSPS) is 15.3. The second-order valence-electron chi connectivity index (χ2n) is 6.39. The van der Waals surface area contributed by atoms with Crippen molar-refractivity contribution in [2.45, 2.75) is 19.4 Å². The number of methoxy groups -OCH3 is 4. The molecule has 2 aromatic rings. The number of nitrogens with zero attached hydrogens (tertiary/aromatic N) is 1. The summed E-state index contributed by atoms with van der Waals surface area (Å²) >= 11 is 0. The van der Waals surface area contributed by atoms with Crippen molar-refractivity contribution in [3.8, 4) is 23.0 Å². The zero-order chi connectivity index (χ0) is 19.4. The SMILES string of the molecule is CCN1C=Cc2cc(OC)c(OC)cc2C1Cc1ccc(OC)c(OC)c1. The second-order valence-corrected chi connectivity index (χ2v) is 6.39. The van der Waals surface area contributed by atoms with Crippen LogP contribution in [0.2, 0.25) is 0 Å². The summed E-state index contributed by atoms with van der Waals surface area (Å²) in [5, 5.41) is 0. The quantitative estimate of drug-likeness (QED) is 0.727. The van der Waals surface area contributed by atoms with Gasteiger partial charge in [-0.3, -0.25) is 0 Å². The van der Waals surface area contributed by atoms with E-state index in [9.17, 15) is 0 Å². The molecule has 0 N–H and O–H groups in total. The molecule has 1 heterocycles. The summed E-state index contributed by atoms with van der Waals surface area (Å²) < 4.78 is 21.8. The van der Waals surface area contributed by atoms with Crippen LogP contribution in [0.4, 0.5) is 0 Å². The largest absolute Gasteiger partial charge is 0.493 e. The molecule has 0 saturated carbocycles. The van der Waals surface area contributed by atoms with Crippen LogP contribution in [-0.2, 0) is 6.42 Å². The number of benzene rings is 2. The van der Waals surface area contributed by atoms with Crippen molar-refractivity contribution in [2.24, 2.45) is 0 Å². The maximum Gasteiger partial charge on any atom is 0.161 e.